The molecule has 2 aromatic rings. The molecule has 0 unspecified atom stereocenters. The second-order valence-corrected chi connectivity index (χ2v) is 7.22. The monoisotopic (exact) mass is 329 g/mol. The topological polar surface area (TPSA) is 55.4 Å². The first-order valence-corrected chi connectivity index (χ1v) is 8.83. The van der Waals surface area contributed by atoms with Gasteiger partial charge in [-0.2, -0.15) is 0 Å². The van der Waals surface area contributed by atoms with Crippen LogP contribution in [0.15, 0.2) is 39.9 Å². The average Bonchev–Trinajstić information content (AvgIpc) is 2.96. The molecular formula is C14H16FNO3S2. The van der Waals surface area contributed by atoms with Gasteiger partial charge in [-0.15, -0.1) is 11.3 Å². The molecule has 1 aromatic carbocycles. The first-order valence-electron chi connectivity index (χ1n) is 6.47. The van der Waals surface area contributed by atoms with Gasteiger partial charge in [0.15, 0.2) is 11.6 Å². The van der Waals surface area contributed by atoms with Crippen molar-refractivity contribution in [1.82, 2.24) is 4.72 Å². The minimum absolute atomic E-state index is 0.209. The van der Waals surface area contributed by atoms with Crippen molar-refractivity contribution in [2.75, 3.05) is 13.2 Å². The third kappa shape index (κ3) is 4.26. The molecular weight excluding hydrogens is 313 g/mol. The Hall–Kier alpha value is -1.44. The Bertz CT molecular complexity index is 684. The molecule has 0 radical (unpaired) electrons. The summed E-state index contributed by atoms with van der Waals surface area (Å²) in [6.07, 6.45) is 0.411. The third-order valence-corrected chi connectivity index (χ3v) is 5.62. The molecule has 1 aromatic heterocycles. The van der Waals surface area contributed by atoms with Crippen LogP contribution in [0, 0.1) is 5.82 Å². The molecule has 4 nitrogen and oxygen atoms in total. The van der Waals surface area contributed by atoms with Crippen molar-refractivity contribution in [3.05, 3.63) is 47.1 Å². The maximum Gasteiger partial charge on any atom is 0.250 e. The van der Waals surface area contributed by atoms with Crippen molar-refractivity contribution in [2.24, 2.45) is 0 Å². The van der Waals surface area contributed by atoms with Gasteiger partial charge in [0.2, 0.25) is 10.0 Å². The van der Waals surface area contributed by atoms with E-state index >= 15 is 0 Å². The van der Waals surface area contributed by atoms with Crippen LogP contribution in [-0.4, -0.2) is 21.6 Å². The molecule has 0 saturated carbocycles. The van der Waals surface area contributed by atoms with E-state index < -0.39 is 15.8 Å². The summed E-state index contributed by atoms with van der Waals surface area (Å²) in [4.78, 5) is 0. The first kappa shape index (κ1) is 15.9. The van der Waals surface area contributed by atoms with Crippen molar-refractivity contribution in [3.8, 4) is 5.75 Å². The van der Waals surface area contributed by atoms with Crippen LogP contribution in [0.5, 0.6) is 5.75 Å². The van der Waals surface area contributed by atoms with E-state index in [0.29, 0.717) is 18.6 Å². The number of sulfonamides is 1. The Morgan fingerprint density at radius 1 is 1.33 bits per heavy atom. The fourth-order valence-corrected chi connectivity index (χ4v) is 3.86. The van der Waals surface area contributed by atoms with Gasteiger partial charge in [0.1, 0.15) is 4.21 Å². The van der Waals surface area contributed by atoms with Crippen LogP contribution in [0.4, 0.5) is 4.39 Å². The van der Waals surface area contributed by atoms with Crippen molar-refractivity contribution < 1.29 is 17.5 Å². The molecule has 7 heteroatoms. The summed E-state index contributed by atoms with van der Waals surface area (Å²) < 4.78 is 45.3. The van der Waals surface area contributed by atoms with E-state index in [1.807, 2.05) is 0 Å². The number of rotatable bonds is 7. The van der Waals surface area contributed by atoms with Crippen molar-refractivity contribution in [2.45, 2.75) is 17.6 Å². The Kier molecular flexibility index (Phi) is 5.33. The van der Waals surface area contributed by atoms with E-state index in [1.165, 1.54) is 6.07 Å². The smallest absolute Gasteiger partial charge is 0.250 e. The van der Waals surface area contributed by atoms with E-state index in [-0.39, 0.29) is 16.5 Å². The summed E-state index contributed by atoms with van der Waals surface area (Å²) in [5, 5.41) is 1.70. The van der Waals surface area contributed by atoms with Gasteiger partial charge >= 0.3 is 0 Å². The van der Waals surface area contributed by atoms with Crippen molar-refractivity contribution in [1.29, 1.82) is 0 Å². The lowest BCUT2D eigenvalue weighted by atomic mass is 10.1. The zero-order valence-electron chi connectivity index (χ0n) is 11.5. The lowest BCUT2D eigenvalue weighted by Gasteiger charge is -2.08. The van der Waals surface area contributed by atoms with Gasteiger partial charge in [0.25, 0.3) is 0 Å². The van der Waals surface area contributed by atoms with E-state index in [2.05, 4.69) is 4.72 Å². The molecule has 1 heterocycles. The van der Waals surface area contributed by atoms with Crippen LogP contribution in [0.1, 0.15) is 12.5 Å². The number of hydrogen-bond donors (Lipinski definition) is 1. The van der Waals surface area contributed by atoms with Gasteiger partial charge in [-0.05, 0) is 42.5 Å². The van der Waals surface area contributed by atoms with Crippen molar-refractivity contribution >= 4 is 21.4 Å². The lowest BCUT2D eigenvalue weighted by molar-refractivity contribution is 0.321. The maximum atomic E-state index is 13.7. The first-order chi connectivity index (χ1) is 10.0. The number of benzene rings is 1. The Morgan fingerprint density at radius 2 is 2.14 bits per heavy atom. The van der Waals surface area contributed by atoms with E-state index in [1.54, 1.807) is 36.6 Å². The van der Waals surface area contributed by atoms with E-state index in [9.17, 15) is 12.8 Å². The molecule has 2 rings (SSSR count). The van der Waals surface area contributed by atoms with Gasteiger partial charge in [0, 0.05) is 6.54 Å². The third-order valence-electron chi connectivity index (χ3n) is 2.76. The largest absolute Gasteiger partial charge is 0.491 e. The summed E-state index contributed by atoms with van der Waals surface area (Å²) in [5.74, 6) is -0.226. The van der Waals surface area contributed by atoms with E-state index in [4.69, 9.17) is 4.74 Å². The molecule has 1 N–H and O–H groups in total. The van der Waals surface area contributed by atoms with Gasteiger partial charge in [-0.25, -0.2) is 17.5 Å². The molecule has 0 amide bonds. The van der Waals surface area contributed by atoms with Crippen LogP contribution in [0.25, 0.3) is 0 Å². The molecule has 0 aliphatic carbocycles. The minimum Gasteiger partial charge on any atom is -0.491 e. The molecule has 0 spiro atoms. The standard InChI is InChI=1S/C14H16FNO3S2/c1-2-19-13-6-5-11(10-12(13)15)7-8-16-21(17,18)14-4-3-9-20-14/h3-6,9-10,16H,2,7-8H2,1H3. The zero-order valence-corrected chi connectivity index (χ0v) is 13.1. The maximum absolute atomic E-state index is 13.7. The van der Waals surface area contributed by atoms with Crippen molar-refractivity contribution in [3.63, 3.8) is 0 Å². The summed E-state index contributed by atoms with van der Waals surface area (Å²) in [6, 6.07) is 7.88. The lowest BCUT2D eigenvalue weighted by Crippen LogP contribution is -2.25. The number of nitrogens with one attached hydrogen (secondary N) is 1. The summed E-state index contributed by atoms with van der Waals surface area (Å²) in [5.41, 5.74) is 0.713. The zero-order chi connectivity index (χ0) is 15.3. The summed E-state index contributed by atoms with van der Waals surface area (Å²) >= 11 is 1.16. The molecule has 0 fully saturated rings. The molecule has 0 saturated heterocycles. The molecule has 114 valence electrons. The molecule has 0 atom stereocenters. The predicted molar refractivity (Wildman–Crippen MR) is 80.8 cm³/mol. The second-order valence-electron chi connectivity index (χ2n) is 4.28. The van der Waals surface area contributed by atoms with Gasteiger partial charge in [-0.3, -0.25) is 0 Å². The number of thiophene rings is 1. The SMILES string of the molecule is CCOc1ccc(CCNS(=O)(=O)c2cccs2)cc1F. The molecule has 21 heavy (non-hydrogen) atoms. The van der Waals surface area contributed by atoms with Crippen LogP contribution >= 0.6 is 11.3 Å². The van der Waals surface area contributed by atoms with Crippen LogP contribution in [-0.2, 0) is 16.4 Å². The Labute approximate surface area is 127 Å². The summed E-state index contributed by atoms with van der Waals surface area (Å²) in [7, 11) is -3.46. The van der Waals surface area contributed by atoms with Gasteiger partial charge < -0.3 is 4.74 Å². The predicted octanol–water partition coefficient (Wildman–Crippen LogP) is 2.81. The number of ether oxygens (including phenoxy) is 1. The highest BCUT2D eigenvalue weighted by atomic mass is 32.2. The highest BCUT2D eigenvalue weighted by molar-refractivity contribution is 7.91. The quantitative estimate of drug-likeness (QED) is 0.850. The number of hydrogen-bond acceptors (Lipinski definition) is 4. The van der Waals surface area contributed by atoms with E-state index in [0.717, 1.165) is 11.3 Å². The molecule has 0 aliphatic heterocycles. The average molecular weight is 329 g/mol. The fraction of sp³-hybridized carbons (Fsp3) is 0.286. The normalized spacial score (nSPS) is 11.5. The van der Waals surface area contributed by atoms with Gasteiger partial charge in [0.05, 0.1) is 6.61 Å². The van der Waals surface area contributed by atoms with Crippen LogP contribution in [0.2, 0.25) is 0 Å². The second kappa shape index (κ2) is 7.02. The fourth-order valence-electron chi connectivity index (χ4n) is 1.79. The van der Waals surface area contributed by atoms with Crippen LogP contribution in [0.3, 0.4) is 0 Å². The molecule has 0 aliphatic rings. The Morgan fingerprint density at radius 3 is 2.76 bits per heavy atom. The number of halogens is 1. The van der Waals surface area contributed by atoms with Gasteiger partial charge in [-0.1, -0.05) is 12.1 Å². The van der Waals surface area contributed by atoms with Crippen LogP contribution < -0.4 is 9.46 Å². The highest BCUT2D eigenvalue weighted by Crippen LogP contribution is 2.19. The highest BCUT2D eigenvalue weighted by Gasteiger charge is 2.14. The minimum atomic E-state index is -3.46. The molecule has 0 bridgehead atoms. The Balaban J connectivity index is 1.93. The summed E-state index contributed by atoms with van der Waals surface area (Å²) in [6.45, 7) is 2.40.